The van der Waals surface area contributed by atoms with E-state index in [4.69, 9.17) is 4.74 Å². The first-order valence-electron chi connectivity index (χ1n) is 8.63. The number of H-pyrrole nitrogens is 1. The molecule has 1 fully saturated rings. The number of ether oxygens (including phenoxy) is 1. The van der Waals surface area contributed by atoms with Crippen LogP contribution in [0.4, 0.5) is 4.79 Å². The summed E-state index contributed by atoms with van der Waals surface area (Å²) in [5.41, 5.74) is -0.511. The summed E-state index contributed by atoms with van der Waals surface area (Å²) in [6.07, 6.45) is 3.54. The lowest BCUT2D eigenvalue weighted by molar-refractivity contribution is 0.0191. The molecule has 1 aromatic heterocycles. The van der Waals surface area contributed by atoms with Gasteiger partial charge in [-0.2, -0.15) is 0 Å². The molecule has 0 saturated carbocycles. The van der Waals surface area contributed by atoms with Crippen molar-refractivity contribution in [2.45, 2.75) is 58.0 Å². The molecule has 1 N–H and O–H groups in total. The monoisotopic (exact) mass is 354 g/mol. The van der Waals surface area contributed by atoms with Gasteiger partial charge in [0.15, 0.2) is 0 Å². The van der Waals surface area contributed by atoms with Crippen molar-refractivity contribution in [1.82, 2.24) is 9.88 Å². The van der Waals surface area contributed by atoms with Crippen molar-refractivity contribution in [1.29, 1.82) is 0 Å². The van der Waals surface area contributed by atoms with Crippen LogP contribution in [-0.4, -0.2) is 40.4 Å². The van der Waals surface area contributed by atoms with Crippen LogP contribution in [0.2, 0.25) is 0 Å². The molecule has 0 spiro atoms. The highest BCUT2D eigenvalue weighted by molar-refractivity contribution is 7.99. The molecule has 0 aromatic carbocycles. The summed E-state index contributed by atoms with van der Waals surface area (Å²) < 4.78 is 5.40. The molecule has 24 heavy (non-hydrogen) atoms. The number of likely N-dealkylation sites (tertiary alicyclic amines) is 1. The maximum absolute atomic E-state index is 12.0. The predicted octanol–water partition coefficient (Wildman–Crippen LogP) is 4.14. The first kappa shape index (κ1) is 20.6. The van der Waals surface area contributed by atoms with Gasteiger partial charge in [0.2, 0.25) is 5.56 Å². The molecule has 1 saturated heterocycles. The highest BCUT2D eigenvalue weighted by atomic mass is 32.2. The molecule has 1 aliphatic heterocycles. The van der Waals surface area contributed by atoms with Gasteiger partial charge in [-0.15, -0.1) is 11.8 Å². The van der Waals surface area contributed by atoms with Gasteiger partial charge in [-0.3, -0.25) is 4.79 Å². The Morgan fingerprint density at radius 1 is 1.29 bits per heavy atom. The fraction of sp³-hybridized carbons (Fsp3) is 0.667. The summed E-state index contributed by atoms with van der Waals surface area (Å²) in [5, 5.41) is 0. The number of nitrogens with one attached hydrogen (secondary N) is 1. The number of hydrogen-bond acceptors (Lipinski definition) is 4. The third-order valence-electron chi connectivity index (χ3n) is 3.51. The Morgan fingerprint density at radius 3 is 2.42 bits per heavy atom. The van der Waals surface area contributed by atoms with E-state index in [1.807, 2.05) is 40.7 Å². The molecule has 1 aliphatic rings. The largest absolute Gasteiger partial charge is 0.444 e. The third-order valence-corrected chi connectivity index (χ3v) is 4.73. The average Bonchev–Trinajstić information content (AvgIpc) is 2.55. The van der Waals surface area contributed by atoms with Crippen LogP contribution in [0.1, 0.15) is 47.5 Å². The van der Waals surface area contributed by atoms with Crippen LogP contribution in [0.3, 0.4) is 0 Å². The number of piperidine rings is 1. The van der Waals surface area contributed by atoms with Crippen LogP contribution in [0, 0.1) is 5.92 Å². The van der Waals surface area contributed by atoms with E-state index in [1.165, 1.54) is 0 Å². The molecule has 136 valence electrons. The lowest BCUT2D eigenvalue weighted by Crippen LogP contribution is -2.42. The number of carbonyl (C=O) groups excluding carboxylic acids is 1. The van der Waals surface area contributed by atoms with E-state index in [0.717, 1.165) is 36.6 Å². The average molecular weight is 355 g/mol. The van der Waals surface area contributed by atoms with Crippen LogP contribution in [-0.2, 0) is 4.74 Å². The summed E-state index contributed by atoms with van der Waals surface area (Å²) in [6, 6.07) is 3.40. The third kappa shape index (κ3) is 7.43. The van der Waals surface area contributed by atoms with Crippen LogP contribution in [0.15, 0.2) is 28.0 Å². The number of carbonyl (C=O) groups is 1. The van der Waals surface area contributed by atoms with Crippen molar-refractivity contribution in [3.63, 3.8) is 0 Å². The molecule has 0 unspecified atom stereocenters. The Labute approximate surface area is 149 Å². The van der Waals surface area contributed by atoms with Gasteiger partial charge in [0.1, 0.15) is 5.60 Å². The number of aromatic amines is 1. The van der Waals surface area contributed by atoms with Crippen molar-refractivity contribution in [2.75, 3.05) is 18.8 Å². The number of rotatable bonds is 3. The number of nitrogens with zero attached hydrogens (tertiary/aromatic N) is 1. The van der Waals surface area contributed by atoms with E-state index < -0.39 is 5.60 Å². The minimum absolute atomic E-state index is 0.0741. The lowest BCUT2D eigenvalue weighted by atomic mass is 9.99. The van der Waals surface area contributed by atoms with Gasteiger partial charge < -0.3 is 14.6 Å². The van der Waals surface area contributed by atoms with Gasteiger partial charge in [0, 0.05) is 36.0 Å². The van der Waals surface area contributed by atoms with E-state index in [1.54, 1.807) is 28.9 Å². The Morgan fingerprint density at radius 2 is 1.92 bits per heavy atom. The molecule has 0 radical (unpaired) electrons. The minimum Gasteiger partial charge on any atom is -0.444 e. The summed E-state index contributed by atoms with van der Waals surface area (Å²) in [5.74, 6) is 1.60. The van der Waals surface area contributed by atoms with Gasteiger partial charge in [-0.1, -0.05) is 13.8 Å². The second-order valence-corrected chi connectivity index (χ2v) is 7.70. The maximum atomic E-state index is 12.0. The van der Waals surface area contributed by atoms with Gasteiger partial charge in [0.25, 0.3) is 0 Å². The predicted molar refractivity (Wildman–Crippen MR) is 99.7 cm³/mol. The fourth-order valence-corrected chi connectivity index (χ4v) is 3.38. The fourth-order valence-electron chi connectivity index (χ4n) is 2.31. The molecule has 0 atom stereocenters. The Hall–Kier alpha value is -1.43. The van der Waals surface area contributed by atoms with E-state index in [-0.39, 0.29) is 11.7 Å². The zero-order valence-corrected chi connectivity index (χ0v) is 16.2. The summed E-state index contributed by atoms with van der Waals surface area (Å²) in [6.45, 7) is 11.2. The van der Waals surface area contributed by atoms with E-state index >= 15 is 0 Å². The van der Waals surface area contributed by atoms with Crippen molar-refractivity contribution in [3.8, 4) is 0 Å². The minimum atomic E-state index is -0.436. The molecule has 0 bridgehead atoms. The van der Waals surface area contributed by atoms with E-state index in [0.29, 0.717) is 5.92 Å². The standard InChI is InChI=1S/C16H24N2O3S.C2H6/c1-16(2,3)21-15(20)18-8-6-12(7-9-18)11-22-13-4-5-14(19)17-10-13;1-2/h4-5,10,12H,6-9,11H2,1-3H3,(H,17,19);1-2H3. The Bertz CT molecular complexity index is 538. The molecule has 1 amide bonds. The number of thioether (sulfide) groups is 1. The Balaban J connectivity index is 0.00000139. The summed E-state index contributed by atoms with van der Waals surface area (Å²) in [4.78, 5) is 28.6. The van der Waals surface area contributed by atoms with Gasteiger partial charge in [-0.05, 0) is 45.6 Å². The van der Waals surface area contributed by atoms with Crippen molar-refractivity contribution >= 4 is 17.9 Å². The lowest BCUT2D eigenvalue weighted by Gasteiger charge is -2.33. The van der Waals surface area contributed by atoms with Crippen molar-refractivity contribution < 1.29 is 9.53 Å². The first-order chi connectivity index (χ1) is 11.3. The van der Waals surface area contributed by atoms with Gasteiger partial charge in [-0.25, -0.2) is 4.79 Å². The molecule has 2 heterocycles. The van der Waals surface area contributed by atoms with Crippen molar-refractivity contribution in [2.24, 2.45) is 5.92 Å². The normalized spacial score (nSPS) is 15.5. The number of aromatic nitrogens is 1. The molecular formula is C18H30N2O3S. The molecule has 1 aromatic rings. The molecule has 5 nitrogen and oxygen atoms in total. The van der Waals surface area contributed by atoms with Gasteiger partial charge >= 0.3 is 6.09 Å². The quantitative estimate of drug-likeness (QED) is 0.829. The number of amides is 1. The maximum Gasteiger partial charge on any atom is 0.410 e. The summed E-state index contributed by atoms with van der Waals surface area (Å²) in [7, 11) is 0. The second-order valence-electron chi connectivity index (χ2n) is 6.61. The topological polar surface area (TPSA) is 62.4 Å². The molecule has 6 heteroatoms. The summed E-state index contributed by atoms with van der Waals surface area (Å²) >= 11 is 1.75. The Kier molecular flexibility index (Phi) is 8.39. The van der Waals surface area contributed by atoms with Gasteiger partial charge in [0.05, 0.1) is 0 Å². The molecular weight excluding hydrogens is 324 g/mol. The van der Waals surface area contributed by atoms with Crippen LogP contribution in [0.5, 0.6) is 0 Å². The highest BCUT2D eigenvalue weighted by Crippen LogP contribution is 2.26. The first-order valence-corrected chi connectivity index (χ1v) is 9.61. The SMILES string of the molecule is CC.CC(C)(C)OC(=O)N1CCC(CSc2ccc(=O)[nH]c2)CC1. The second kappa shape index (κ2) is 9.77. The van der Waals surface area contributed by atoms with E-state index in [9.17, 15) is 9.59 Å². The van der Waals surface area contributed by atoms with Crippen LogP contribution < -0.4 is 5.56 Å². The number of hydrogen-bond donors (Lipinski definition) is 1. The van der Waals surface area contributed by atoms with Crippen LogP contribution >= 0.6 is 11.8 Å². The molecule has 2 rings (SSSR count). The molecule has 0 aliphatic carbocycles. The smallest absolute Gasteiger partial charge is 0.410 e. The zero-order valence-electron chi connectivity index (χ0n) is 15.4. The van der Waals surface area contributed by atoms with Crippen LogP contribution in [0.25, 0.3) is 0 Å². The number of pyridine rings is 1. The highest BCUT2D eigenvalue weighted by Gasteiger charge is 2.26. The van der Waals surface area contributed by atoms with Crippen molar-refractivity contribution in [3.05, 3.63) is 28.7 Å². The zero-order chi connectivity index (χ0) is 18.2. The van der Waals surface area contributed by atoms with E-state index in [2.05, 4.69) is 4.98 Å².